The summed E-state index contributed by atoms with van der Waals surface area (Å²) in [5.74, 6) is -5.38. The fourth-order valence-electron chi connectivity index (χ4n) is 6.31. The molecule has 0 spiro atoms. The number of nitrogens with two attached hydrogens (primary N) is 1. The third kappa shape index (κ3) is 15.7. The quantitative estimate of drug-likeness (QED) is 0.0943. The van der Waals surface area contributed by atoms with Gasteiger partial charge in [0, 0.05) is 52.0 Å². The van der Waals surface area contributed by atoms with Gasteiger partial charge < -0.3 is 70.2 Å². The molecular weight excluding hydrogens is 767 g/mol. The molecule has 1 aromatic carbocycles. The van der Waals surface area contributed by atoms with Gasteiger partial charge >= 0.3 is 6.07 Å². The van der Waals surface area contributed by atoms with Gasteiger partial charge in [-0.3, -0.25) is 33.6 Å². The zero-order valence-electron chi connectivity index (χ0n) is 35.0. The van der Waals surface area contributed by atoms with E-state index >= 15 is 0 Å². The molecule has 1 heterocycles. The molecule has 328 valence electrons. The molecule has 21 nitrogen and oxygen atoms in total. The van der Waals surface area contributed by atoms with Crippen LogP contribution in [0, 0.1) is 12.0 Å². The van der Waals surface area contributed by atoms with E-state index in [2.05, 4.69) is 60.5 Å². The van der Waals surface area contributed by atoms with Crippen LogP contribution in [0.5, 0.6) is 0 Å². The molecule has 1 aliphatic heterocycles. The first-order valence-corrected chi connectivity index (χ1v) is 20.0. The van der Waals surface area contributed by atoms with Crippen molar-refractivity contribution in [2.75, 3.05) is 45.2 Å². The number of nitrogens with zero attached hydrogens (tertiary/aromatic N) is 1. The van der Waals surface area contributed by atoms with Crippen molar-refractivity contribution in [3.63, 3.8) is 0 Å². The van der Waals surface area contributed by atoms with Gasteiger partial charge in [0.1, 0.15) is 41.8 Å². The fraction of sp³-hybridized carbons (Fsp3) is 0.632. The summed E-state index contributed by atoms with van der Waals surface area (Å²) in [6, 6.07) is -1.23. The molecule has 0 aliphatic carbocycles. The predicted octanol–water partition coefficient (Wildman–Crippen LogP) is -8.51. The number of benzene rings is 1. The number of carbonyl (C=O) groups is 7. The second-order valence-electron chi connectivity index (χ2n) is 15.3. The Hall–Kier alpha value is -5.40. The number of rotatable bonds is 12. The van der Waals surface area contributed by atoms with Crippen molar-refractivity contribution in [1.29, 1.82) is 0 Å². The summed E-state index contributed by atoms with van der Waals surface area (Å²) in [7, 11) is 3.65. The van der Waals surface area contributed by atoms with Crippen LogP contribution in [0.4, 0.5) is 5.69 Å². The van der Waals surface area contributed by atoms with E-state index in [1.54, 1.807) is 18.2 Å². The van der Waals surface area contributed by atoms with E-state index in [9.17, 15) is 38.7 Å². The third-order valence-corrected chi connectivity index (χ3v) is 9.67. The lowest BCUT2D eigenvalue weighted by molar-refractivity contribution is -0.369. The van der Waals surface area contributed by atoms with Gasteiger partial charge in [-0.1, -0.05) is 25.2 Å². The van der Waals surface area contributed by atoms with Crippen molar-refractivity contribution in [3.8, 4) is 6.07 Å². The average molecular weight is 834 g/mol. The van der Waals surface area contributed by atoms with Crippen LogP contribution in [0.15, 0.2) is 18.2 Å². The van der Waals surface area contributed by atoms with Crippen LogP contribution < -0.4 is 70.3 Å². The van der Waals surface area contributed by atoms with Crippen molar-refractivity contribution in [2.24, 2.45) is 11.7 Å². The van der Waals surface area contributed by atoms with Crippen LogP contribution in [0.1, 0.15) is 64.0 Å². The Labute approximate surface area is 344 Å². The van der Waals surface area contributed by atoms with Crippen LogP contribution in [0.25, 0.3) is 0 Å². The fourth-order valence-corrected chi connectivity index (χ4v) is 6.31. The molecule has 0 bridgehead atoms. The molecule has 0 saturated carbocycles. The lowest BCUT2D eigenvalue weighted by Gasteiger charge is -2.28. The highest BCUT2D eigenvalue weighted by Crippen LogP contribution is 2.19. The molecule has 1 fully saturated rings. The molecule has 8 atom stereocenters. The lowest BCUT2D eigenvalue weighted by Crippen LogP contribution is -2.63. The van der Waals surface area contributed by atoms with E-state index in [4.69, 9.17) is 11.0 Å². The topological polar surface area (TPSA) is 360 Å². The Morgan fingerprint density at radius 1 is 0.729 bits per heavy atom. The maximum atomic E-state index is 14.3. The van der Waals surface area contributed by atoms with Gasteiger partial charge in [-0.25, -0.2) is 0 Å². The molecule has 1 aromatic rings. The smallest absolute Gasteiger partial charge is 0.308 e. The predicted molar refractivity (Wildman–Crippen MR) is 214 cm³/mol. The molecular formula is C38H67N13O8+4. The lowest BCUT2D eigenvalue weighted by atomic mass is 9.97. The molecule has 20 N–H and O–H groups in total. The number of aliphatic hydroxyl groups excluding tert-OH is 1. The van der Waals surface area contributed by atoms with Gasteiger partial charge in [-0.05, 0) is 43.4 Å². The van der Waals surface area contributed by atoms with Gasteiger partial charge in [-0.2, -0.15) is 0 Å². The van der Waals surface area contributed by atoms with Crippen molar-refractivity contribution in [2.45, 2.75) is 108 Å². The van der Waals surface area contributed by atoms with Gasteiger partial charge in [-0.15, -0.1) is 0 Å². The monoisotopic (exact) mass is 834 g/mol. The van der Waals surface area contributed by atoms with Crippen molar-refractivity contribution < 1.29 is 61.1 Å². The van der Waals surface area contributed by atoms with E-state index in [0.29, 0.717) is 11.1 Å². The second-order valence-corrected chi connectivity index (χ2v) is 15.3. The number of quaternary nitrogens is 3. The summed E-state index contributed by atoms with van der Waals surface area (Å²) in [5.41, 5.74) is 19.2. The van der Waals surface area contributed by atoms with Crippen LogP contribution in [-0.4, -0.2) is 135 Å². The number of aliphatic hydroxyl groups is 1. The van der Waals surface area contributed by atoms with Gasteiger partial charge in [0.25, 0.3) is 0 Å². The molecule has 21 heteroatoms. The summed E-state index contributed by atoms with van der Waals surface area (Å²) >= 11 is 0. The molecule has 1 unspecified atom stereocenters. The summed E-state index contributed by atoms with van der Waals surface area (Å²) in [4.78, 5) is 97.6. The highest BCUT2D eigenvalue weighted by molar-refractivity contribution is 5.97. The Morgan fingerprint density at radius 2 is 1.19 bits per heavy atom. The number of carbonyl (C=O) groups excluding carboxylic acids is 7. The van der Waals surface area contributed by atoms with E-state index in [1.807, 2.05) is 32.8 Å². The third-order valence-electron chi connectivity index (χ3n) is 9.67. The van der Waals surface area contributed by atoms with E-state index in [0.717, 1.165) is 5.69 Å². The highest BCUT2D eigenvalue weighted by atomic mass is 16.3. The van der Waals surface area contributed by atoms with Gasteiger partial charge in [0.2, 0.25) is 41.4 Å². The van der Waals surface area contributed by atoms with Crippen LogP contribution in [-0.2, 0) is 40.0 Å². The average Bonchev–Trinajstić information content (AvgIpc) is 3.17. The number of nitrogens with one attached hydrogen (secondary N) is 8. The Kier molecular flexibility index (Phi) is 20.7. The van der Waals surface area contributed by atoms with Crippen LogP contribution >= 0.6 is 0 Å². The molecule has 1 saturated heterocycles. The summed E-state index contributed by atoms with van der Waals surface area (Å²) in [5, 5.41) is 36.8. The van der Waals surface area contributed by atoms with Crippen molar-refractivity contribution in [3.05, 3.63) is 29.3 Å². The number of hydrogen-bond acceptors (Lipinski definition) is 10. The normalized spacial score (nSPS) is 25.3. The minimum Gasteiger partial charge on any atom is -0.391 e. The second kappa shape index (κ2) is 24.5. The number of hydrogen-bond donors (Lipinski definition) is 13. The molecule has 0 aromatic heterocycles. The SMILES string of the molecule is CC(C)C[C@@H]1NC(=O)[C@@H](Cc2ccc(N(C)C)cc2C#[NH+])NC(=O)[C@H](CC[NH3+])NC(=O)[C@@H](N)CCNC(=O)[C@H](C(C)O)NC(=O)[C@H](CC[NH3+])NC(=O)[C@H](CC[NH3+])NC1=O. The summed E-state index contributed by atoms with van der Waals surface area (Å²) in [6.45, 7) is 5.43. The maximum absolute atomic E-state index is 14.3. The molecule has 0 radical (unpaired) electrons. The van der Waals surface area contributed by atoms with Gasteiger partial charge in [0.15, 0.2) is 0 Å². The zero-order valence-corrected chi connectivity index (χ0v) is 35.0. The first-order valence-electron chi connectivity index (χ1n) is 20.0. The maximum Gasteiger partial charge on any atom is 0.308 e. The first-order chi connectivity index (χ1) is 27.9. The molecule has 2 rings (SSSR count). The zero-order chi connectivity index (χ0) is 44.4. The Bertz CT molecular complexity index is 1670. The standard InChI is InChI=1S/C38H63N13O8/c1-20(2)16-29-36(57)47-27(9-13-40)33(54)46-28(10-14-41)35(56)50-31(21(3)52)38(59)44-15-11-25(43)32(53)45-26(8-12-39)34(55)49-30(37(58)48-29)18-22-6-7-24(51(4)5)17-23(22)19-42/h6-7,17,20-21,25-31,52H,8-16,18,39-41,43H2,1-5H3,(H,44,59)(H,45,53)(H,46,54)(H,47,57)(H,48,58)(H,49,55)(H,50,56)/p+4/t21?,25-,26-,27-,28-,29-,30+,31-/m0/s1. The van der Waals surface area contributed by atoms with Crippen LogP contribution in [0.3, 0.4) is 0 Å². The Morgan fingerprint density at radius 3 is 1.66 bits per heavy atom. The number of amides is 7. The number of anilines is 1. The summed E-state index contributed by atoms with van der Waals surface area (Å²) in [6.07, 6.45) is -1.31. The Balaban J connectivity index is 2.68. The van der Waals surface area contributed by atoms with Crippen LogP contribution in [0.2, 0.25) is 0 Å². The molecule has 7 amide bonds. The summed E-state index contributed by atoms with van der Waals surface area (Å²) < 4.78 is 0. The largest absolute Gasteiger partial charge is 0.391 e. The highest BCUT2D eigenvalue weighted by Gasteiger charge is 2.35. The van der Waals surface area contributed by atoms with E-state index in [-0.39, 0.29) is 70.6 Å². The van der Waals surface area contributed by atoms with E-state index < -0.39 is 89.7 Å². The molecule has 1 aliphatic rings. The minimum absolute atomic E-state index is 0.0459. The molecule has 59 heavy (non-hydrogen) atoms. The van der Waals surface area contributed by atoms with Crippen molar-refractivity contribution in [1.82, 2.24) is 37.2 Å². The van der Waals surface area contributed by atoms with Crippen molar-refractivity contribution >= 4 is 47.0 Å². The minimum atomic E-state index is -1.45. The first kappa shape index (κ1) is 49.7. The van der Waals surface area contributed by atoms with E-state index in [1.165, 1.54) is 6.92 Å². The van der Waals surface area contributed by atoms with Gasteiger partial charge in [0.05, 0.1) is 31.8 Å².